The Morgan fingerprint density at radius 3 is 2.61 bits per heavy atom. The zero-order chi connectivity index (χ0) is 13.1. The number of esters is 1. The van der Waals surface area contributed by atoms with Gasteiger partial charge in [0.2, 0.25) is 0 Å². The Labute approximate surface area is 111 Å². The van der Waals surface area contributed by atoms with Crippen LogP contribution in [0.3, 0.4) is 0 Å². The van der Waals surface area contributed by atoms with Gasteiger partial charge in [0.25, 0.3) is 0 Å². The Morgan fingerprint density at radius 1 is 1.33 bits per heavy atom. The van der Waals surface area contributed by atoms with E-state index in [1.165, 1.54) is 12.8 Å². The predicted octanol–water partition coefficient (Wildman–Crippen LogP) is 2.60. The summed E-state index contributed by atoms with van der Waals surface area (Å²) in [5.41, 5.74) is 0. The van der Waals surface area contributed by atoms with Crippen LogP contribution in [0.2, 0.25) is 0 Å². The van der Waals surface area contributed by atoms with E-state index in [9.17, 15) is 4.79 Å². The van der Waals surface area contributed by atoms with E-state index >= 15 is 0 Å². The fourth-order valence-electron chi connectivity index (χ4n) is 3.20. The number of carbonyl (C=O) groups is 1. The monoisotopic (exact) mass is 253 g/mol. The second-order valence-corrected chi connectivity index (χ2v) is 6.58. The van der Waals surface area contributed by atoms with Crippen molar-refractivity contribution in [2.24, 2.45) is 23.7 Å². The maximum absolute atomic E-state index is 11.9. The van der Waals surface area contributed by atoms with Crippen molar-refractivity contribution < 1.29 is 9.53 Å². The minimum absolute atomic E-state index is 0.0197. The van der Waals surface area contributed by atoms with Gasteiger partial charge in [-0.3, -0.25) is 4.79 Å². The topological polar surface area (TPSA) is 38.3 Å². The number of rotatable bonds is 4. The van der Waals surface area contributed by atoms with Crippen LogP contribution in [0.4, 0.5) is 0 Å². The minimum Gasteiger partial charge on any atom is -0.462 e. The Kier molecular flexibility index (Phi) is 4.66. The van der Waals surface area contributed by atoms with E-state index in [0.29, 0.717) is 30.1 Å². The van der Waals surface area contributed by atoms with E-state index in [1.807, 2.05) is 0 Å². The summed E-state index contributed by atoms with van der Waals surface area (Å²) in [5.74, 6) is 2.40. The smallest absolute Gasteiger partial charge is 0.306 e. The maximum atomic E-state index is 11.9. The Bertz CT molecular complexity index is 286. The lowest BCUT2D eigenvalue weighted by Gasteiger charge is -2.37. The van der Waals surface area contributed by atoms with Crippen LogP contribution in [0.15, 0.2) is 0 Å². The maximum Gasteiger partial charge on any atom is 0.306 e. The summed E-state index contributed by atoms with van der Waals surface area (Å²) in [4.78, 5) is 11.9. The van der Waals surface area contributed by atoms with Crippen LogP contribution in [0, 0.1) is 23.7 Å². The Hall–Kier alpha value is -0.570. The molecule has 3 unspecified atom stereocenters. The van der Waals surface area contributed by atoms with Crippen LogP contribution >= 0.6 is 0 Å². The van der Waals surface area contributed by atoms with Gasteiger partial charge in [-0.1, -0.05) is 27.2 Å². The lowest BCUT2D eigenvalue weighted by atomic mass is 9.75. The average molecular weight is 253 g/mol. The quantitative estimate of drug-likeness (QED) is 0.783. The van der Waals surface area contributed by atoms with Gasteiger partial charge in [0.1, 0.15) is 6.10 Å². The second-order valence-electron chi connectivity index (χ2n) is 6.58. The molecule has 0 aromatic carbocycles. The molecule has 1 saturated heterocycles. The van der Waals surface area contributed by atoms with Gasteiger partial charge >= 0.3 is 5.97 Å². The fraction of sp³-hybridized carbons (Fsp3) is 0.933. The van der Waals surface area contributed by atoms with Crippen molar-refractivity contribution in [2.75, 3.05) is 13.1 Å². The van der Waals surface area contributed by atoms with E-state index in [-0.39, 0.29) is 12.1 Å². The first-order valence-corrected chi connectivity index (χ1v) is 7.46. The van der Waals surface area contributed by atoms with Crippen molar-refractivity contribution in [3.8, 4) is 0 Å². The molecule has 2 aliphatic rings. The van der Waals surface area contributed by atoms with Crippen molar-refractivity contribution in [3.05, 3.63) is 0 Å². The summed E-state index contributed by atoms with van der Waals surface area (Å²) in [7, 11) is 0. The normalized spacial score (nSPS) is 33.2. The summed E-state index contributed by atoms with van der Waals surface area (Å²) in [6.45, 7) is 8.72. The highest BCUT2D eigenvalue weighted by molar-refractivity contribution is 5.70. The van der Waals surface area contributed by atoms with E-state index in [1.54, 1.807) is 0 Å². The molecule has 0 aromatic heterocycles. The second kappa shape index (κ2) is 6.05. The van der Waals surface area contributed by atoms with Crippen LogP contribution in [0.25, 0.3) is 0 Å². The lowest BCUT2D eigenvalue weighted by molar-refractivity contribution is -0.157. The van der Waals surface area contributed by atoms with Crippen molar-refractivity contribution in [1.29, 1.82) is 0 Å². The van der Waals surface area contributed by atoms with Gasteiger partial charge in [-0.2, -0.15) is 0 Å². The number of hydrogen-bond donors (Lipinski definition) is 1. The van der Waals surface area contributed by atoms with E-state index in [2.05, 4.69) is 26.1 Å². The average Bonchev–Trinajstić information content (AvgIpc) is 2.23. The third-order valence-corrected chi connectivity index (χ3v) is 4.57. The van der Waals surface area contributed by atoms with Crippen LogP contribution in [-0.4, -0.2) is 25.2 Å². The van der Waals surface area contributed by atoms with Crippen molar-refractivity contribution in [3.63, 3.8) is 0 Å². The number of ether oxygens (including phenoxy) is 1. The molecule has 2 fully saturated rings. The molecule has 3 atom stereocenters. The van der Waals surface area contributed by atoms with Gasteiger partial charge in [0, 0.05) is 0 Å². The molecule has 1 aliphatic heterocycles. The zero-order valence-electron chi connectivity index (χ0n) is 11.9. The molecule has 0 spiro atoms. The molecule has 1 aliphatic carbocycles. The third kappa shape index (κ3) is 3.47. The Morgan fingerprint density at radius 2 is 2.06 bits per heavy atom. The highest BCUT2D eigenvalue weighted by Gasteiger charge is 2.34. The molecule has 0 amide bonds. The SMILES string of the molecule is CC1CCC(C(C)C)C(OC(=O)CC2CNC2)C1. The summed E-state index contributed by atoms with van der Waals surface area (Å²) in [5, 5.41) is 3.20. The minimum atomic E-state index is 0.0197. The molecule has 2 rings (SSSR count). The van der Waals surface area contributed by atoms with Crippen molar-refractivity contribution in [2.45, 2.75) is 52.6 Å². The fourth-order valence-corrected chi connectivity index (χ4v) is 3.20. The molecule has 104 valence electrons. The predicted molar refractivity (Wildman–Crippen MR) is 72.2 cm³/mol. The summed E-state index contributed by atoms with van der Waals surface area (Å²) < 4.78 is 5.78. The molecular weight excluding hydrogens is 226 g/mol. The largest absolute Gasteiger partial charge is 0.462 e. The van der Waals surface area contributed by atoms with Crippen LogP contribution in [0.1, 0.15) is 46.5 Å². The molecule has 0 aromatic rings. The molecular formula is C15H27NO2. The molecule has 1 saturated carbocycles. The lowest BCUT2D eigenvalue weighted by Crippen LogP contribution is -2.44. The first kappa shape index (κ1) is 13.9. The zero-order valence-corrected chi connectivity index (χ0v) is 11.9. The standard InChI is InChI=1S/C15H27NO2/c1-10(2)13-5-4-11(3)6-14(13)18-15(17)7-12-8-16-9-12/h10-14,16H,4-9H2,1-3H3. The van der Waals surface area contributed by atoms with Gasteiger partial charge in [0.05, 0.1) is 6.42 Å². The van der Waals surface area contributed by atoms with Gasteiger partial charge in [-0.15, -0.1) is 0 Å². The van der Waals surface area contributed by atoms with Crippen LogP contribution < -0.4 is 5.32 Å². The molecule has 18 heavy (non-hydrogen) atoms. The summed E-state index contributed by atoms with van der Waals surface area (Å²) in [6, 6.07) is 0. The molecule has 1 N–H and O–H groups in total. The summed E-state index contributed by atoms with van der Waals surface area (Å²) in [6.07, 6.45) is 4.31. The van der Waals surface area contributed by atoms with Crippen molar-refractivity contribution >= 4 is 5.97 Å². The highest BCUT2D eigenvalue weighted by Crippen LogP contribution is 2.35. The number of carbonyl (C=O) groups excluding carboxylic acids is 1. The molecule has 0 radical (unpaired) electrons. The van der Waals surface area contributed by atoms with Crippen LogP contribution in [-0.2, 0) is 9.53 Å². The van der Waals surface area contributed by atoms with Gasteiger partial charge in [-0.25, -0.2) is 0 Å². The number of nitrogens with one attached hydrogen (secondary N) is 1. The van der Waals surface area contributed by atoms with Gasteiger partial charge < -0.3 is 10.1 Å². The van der Waals surface area contributed by atoms with Crippen LogP contribution in [0.5, 0.6) is 0 Å². The molecule has 0 bridgehead atoms. The highest BCUT2D eigenvalue weighted by atomic mass is 16.5. The molecule has 3 heteroatoms. The van der Waals surface area contributed by atoms with Gasteiger partial charge in [-0.05, 0) is 49.6 Å². The molecule has 3 nitrogen and oxygen atoms in total. The number of hydrogen-bond acceptors (Lipinski definition) is 3. The summed E-state index contributed by atoms with van der Waals surface area (Å²) >= 11 is 0. The van der Waals surface area contributed by atoms with E-state index < -0.39 is 0 Å². The third-order valence-electron chi connectivity index (χ3n) is 4.57. The Balaban J connectivity index is 1.84. The van der Waals surface area contributed by atoms with Gasteiger partial charge in [0.15, 0.2) is 0 Å². The van der Waals surface area contributed by atoms with Crippen molar-refractivity contribution in [1.82, 2.24) is 5.32 Å². The first-order valence-electron chi connectivity index (χ1n) is 7.46. The molecule has 1 heterocycles. The van der Waals surface area contributed by atoms with E-state index in [0.717, 1.165) is 19.5 Å². The first-order chi connectivity index (χ1) is 8.56. The van der Waals surface area contributed by atoms with E-state index in [4.69, 9.17) is 4.74 Å².